The number of rotatable bonds is 10. The summed E-state index contributed by atoms with van der Waals surface area (Å²) < 4.78 is 2.27. The van der Waals surface area contributed by atoms with Gasteiger partial charge in [0.25, 0.3) is 0 Å². The number of aliphatic imine (C=N–C) groups is 1. The van der Waals surface area contributed by atoms with E-state index >= 15 is 0 Å². The minimum atomic E-state index is 0. The second-order valence-corrected chi connectivity index (χ2v) is 8.29. The van der Waals surface area contributed by atoms with Crippen LogP contribution < -0.4 is 10.6 Å². The highest BCUT2D eigenvalue weighted by Crippen LogP contribution is 2.17. The number of likely N-dealkylation sites (N-methyl/N-ethyl adjacent to an activating group) is 1. The first-order valence-electron chi connectivity index (χ1n) is 10.2. The Morgan fingerprint density at radius 3 is 2.75 bits per heavy atom. The van der Waals surface area contributed by atoms with Gasteiger partial charge >= 0.3 is 0 Å². The minimum Gasteiger partial charge on any atom is -0.356 e. The van der Waals surface area contributed by atoms with E-state index in [1.807, 2.05) is 7.05 Å². The normalized spacial score (nSPS) is 17.8. The summed E-state index contributed by atoms with van der Waals surface area (Å²) in [4.78, 5) is 6.90. The van der Waals surface area contributed by atoms with Gasteiger partial charge in [0.1, 0.15) is 5.82 Å². The average Bonchev–Trinajstić information content (AvgIpc) is 3.27. The Morgan fingerprint density at radius 2 is 2.11 bits per heavy atom. The fourth-order valence-electron chi connectivity index (χ4n) is 3.63. The quantitative estimate of drug-likeness (QED) is 0.162. The van der Waals surface area contributed by atoms with Crippen molar-refractivity contribution in [3.8, 4) is 0 Å². The summed E-state index contributed by atoms with van der Waals surface area (Å²) in [6, 6.07) is 0.632. The molecule has 0 radical (unpaired) electrons. The van der Waals surface area contributed by atoms with Crippen molar-refractivity contribution in [2.45, 2.75) is 64.2 Å². The van der Waals surface area contributed by atoms with Crippen molar-refractivity contribution in [3.05, 3.63) is 5.82 Å². The molecule has 1 aliphatic heterocycles. The lowest BCUT2D eigenvalue weighted by molar-refractivity contribution is 0.267. The summed E-state index contributed by atoms with van der Waals surface area (Å²) in [5, 5.41) is 16.7. The fraction of sp³-hybridized carbons (Fsp3) is 0.842. The van der Waals surface area contributed by atoms with Gasteiger partial charge in [0.2, 0.25) is 0 Å². The molecule has 2 rings (SSSR count). The van der Waals surface area contributed by atoms with Crippen LogP contribution in [-0.4, -0.2) is 71.1 Å². The maximum atomic E-state index is 4.40. The van der Waals surface area contributed by atoms with Gasteiger partial charge in [-0.3, -0.25) is 9.89 Å². The standard InChI is InChI=1S/C19H37N7S.HI/c1-6-25-12-8-9-16(25)13-22-18(20-4)21-11-7-10-17-23-24-19(27-5)26(17)14-15(2)3;/h15-16H,6-14H2,1-5H3,(H2,20,21,22);1H. The van der Waals surface area contributed by atoms with Gasteiger partial charge in [-0.25, -0.2) is 0 Å². The molecular weight excluding hydrogens is 485 g/mol. The van der Waals surface area contributed by atoms with E-state index in [-0.39, 0.29) is 24.0 Å². The predicted molar refractivity (Wildman–Crippen MR) is 130 cm³/mol. The van der Waals surface area contributed by atoms with Crippen LogP contribution in [0.4, 0.5) is 0 Å². The van der Waals surface area contributed by atoms with Crippen LogP contribution >= 0.6 is 35.7 Å². The lowest BCUT2D eigenvalue weighted by Gasteiger charge is -2.24. The maximum absolute atomic E-state index is 4.40. The Kier molecular flexibility index (Phi) is 12.4. The topological polar surface area (TPSA) is 70.4 Å². The van der Waals surface area contributed by atoms with Crippen LogP contribution in [0.3, 0.4) is 0 Å². The molecule has 0 saturated carbocycles. The SMILES string of the molecule is CCN1CCCC1CNC(=NC)NCCCc1nnc(SC)n1CC(C)C.I. The molecule has 2 heterocycles. The average molecular weight is 524 g/mol. The van der Waals surface area contributed by atoms with Crippen LogP contribution in [0, 0.1) is 5.92 Å². The number of aromatic nitrogens is 3. The lowest BCUT2D eigenvalue weighted by atomic mass is 10.2. The van der Waals surface area contributed by atoms with E-state index in [0.717, 1.165) is 56.0 Å². The van der Waals surface area contributed by atoms with E-state index in [2.05, 4.69) is 62.3 Å². The molecule has 1 unspecified atom stereocenters. The highest BCUT2D eigenvalue weighted by atomic mass is 127. The Balaban J connectivity index is 0.00000392. The van der Waals surface area contributed by atoms with E-state index in [4.69, 9.17) is 0 Å². The van der Waals surface area contributed by atoms with Crippen molar-refractivity contribution in [2.75, 3.05) is 39.5 Å². The molecule has 1 fully saturated rings. The van der Waals surface area contributed by atoms with Crippen LogP contribution in [-0.2, 0) is 13.0 Å². The number of hydrogen-bond acceptors (Lipinski definition) is 5. The van der Waals surface area contributed by atoms with Gasteiger partial charge in [0.05, 0.1) is 0 Å². The van der Waals surface area contributed by atoms with Gasteiger partial charge in [-0.05, 0) is 44.5 Å². The number of thioether (sulfide) groups is 1. The third-order valence-corrected chi connectivity index (χ3v) is 5.69. The molecule has 28 heavy (non-hydrogen) atoms. The first-order valence-corrected chi connectivity index (χ1v) is 11.5. The molecule has 1 aliphatic rings. The molecule has 0 bridgehead atoms. The molecule has 0 spiro atoms. The summed E-state index contributed by atoms with van der Waals surface area (Å²) >= 11 is 1.67. The summed E-state index contributed by atoms with van der Waals surface area (Å²) in [6.45, 7) is 11.9. The number of nitrogens with one attached hydrogen (secondary N) is 2. The highest BCUT2D eigenvalue weighted by Gasteiger charge is 2.22. The minimum absolute atomic E-state index is 0. The molecule has 9 heteroatoms. The predicted octanol–water partition coefficient (Wildman–Crippen LogP) is 2.86. The van der Waals surface area contributed by atoms with Crippen LogP contribution in [0.15, 0.2) is 10.1 Å². The zero-order valence-corrected chi connectivity index (χ0v) is 21.2. The number of hydrogen-bond donors (Lipinski definition) is 2. The summed E-state index contributed by atoms with van der Waals surface area (Å²) in [5.41, 5.74) is 0. The van der Waals surface area contributed by atoms with Gasteiger partial charge in [-0.1, -0.05) is 32.5 Å². The summed E-state index contributed by atoms with van der Waals surface area (Å²) in [5.74, 6) is 2.57. The fourth-order valence-corrected chi connectivity index (χ4v) is 4.16. The largest absolute Gasteiger partial charge is 0.356 e. The van der Waals surface area contributed by atoms with E-state index in [0.29, 0.717) is 12.0 Å². The van der Waals surface area contributed by atoms with Crippen molar-refractivity contribution < 1.29 is 0 Å². The smallest absolute Gasteiger partial charge is 0.191 e. The number of halogens is 1. The lowest BCUT2D eigenvalue weighted by Crippen LogP contribution is -2.45. The van der Waals surface area contributed by atoms with Gasteiger partial charge < -0.3 is 15.2 Å². The summed E-state index contributed by atoms with van der Waals surface area (Å²) in [7, 11) is 1.84. The number of guanidine groups is 1. The van der Waals surface area contributed by atoms with Crippen molar-refractivity contribution in [2.24, 2.45) is 10.9 Å². The first kappa shape index (κ1) is 25.5. The van der Waals surface area contributed by atoms with Crippen LogP contribution in [0.2, 0.25) is 0 Å². The van der Waals surface area contributed by atoms with Gasteiger partial charge in [-0.15, -0.1) is 34.2 Å². The Morgan fingerprint density at radius 1 is 1.32 bits per heavy atom. The molecule has 7 nitrogen and oxygen atoms in total. The Bertz CT molecular complexity index is 591. The molecule has 1 aromatic heterocycles. The first-order chi connectivity index (χ1) is 13.1. The van der Waals surface area contributed by atoms with E-state index in [1.165, 1.54) is 19.4 Å². The molecule has 0 aliphatic carbocycles. The molecular formula is C19H38IN7S. The van der Waals surface area contributed by atoms with Crippen LogP contribution in [0.5, 0.6) is 0 Å². The van der Waals surface area contributed by atoms with Gasteiger partial charge in [-0.2, -0.15) is 0 Å². The highest BCUT2D eigenvalue weighted by molar-refractivity contribution is 14.0. The molecule has 1 saturated heterocycles. The molecule has 0 aromatic carbocycles. The van der Waals surface area contributed by atoms with E-state index in [9.17, 15) is 0 Å². The Hall–Kier alpha value is -0.550. The number of nitrogens with zero attached hydrogens (tertiary/aromatic N) is 5. The van der Waals surface area contributed by atoms with Crippen molar-refractivity contribution in [1.29, 1.82) is 0 Å². The second-order valence-electron chi connectivity index (χ2n) is 7.52. The van der Waals surface area contributed by atoms with Crippen molar-refractivity contribution in [1.82, 2.24) is 30.3 Å². The Labute approximate surface area is 191 Å². The van der Waals surface area contributed by atoms with Gasteiger partial charge in [0, 0.05) is 39.1 Å². The molecule has 2 N–H and O–H groups in total. The number of likely N-dealkylation sites (tertiary alicyclic amines) is 1. The number of aryl methyl sites for hydroxylation is 1. The third kappa shape index (κ3) is 7.70. The third-order valence-electron chi connectivity index (χ3n) is 5.03. The molecule has 1 aromatic rings. The molecule has 162 valence electrons. The van der Waals surface area contributed by atoms with Crippen molar-refractivity contribution >= 4 is 41.7 Å². The second kappa shape index (κ2) is 13.6. The van der Waals surface area contributed by atoms with E-state index < -0.39 is 0 Å². The molecule has 1 atom stereocenters. The summed E-state index contributed by atoms with van der Waals surface area (Å²) in [6.07, 6.45) is 6.58. The van der Waals surface area contributed by atoms with E-state index in [1.54, 1.807) is 11.8 Å². The maximum Gasteiger partial charge on any atom is 0.191 e. The van der Waals surface area contributed by atoms with Gasteiger partial charge in [0.15, 0.2) is 11.1 Å². The van der Waals surface area contributed by atoms with Crippen LogP contribution in [0.25, 0.3) is 0 Å². The van der Waals surface area contributed by atoms with Crippen molar-refractivity contribution in [3.63, 3.8) is 0 Å². The monoisotopic (exact) mass is 523 g/mol. The zero-order chi connectivity index (χ0) is 19.6. The molecule has 0 amide bonds. The van der Waals surface area contributed by atoms with Crippen LogP contribution in [0.1, 0.15) is 45.9 Å². The zero-order valence-electron chi connectivity index (χ0n) is 18.1.